The quantitative estimate of drug-likeness (QED) is 0.461. The third kappa shape index (κ3) is 5.27. The number of amides is 1. The van der Waals surface area contributed by atoms with Gasteiger partial charge in [-0.05, 0) is 56.2 Å². The second-order valence-corrected chi connectivity index (χ2v) is 7.36. The summed E-state index contributed by atoms with van der Waals surface area (Å²) in [5, 5.41) is 9.80. The maximum absolute atomic E-state index is 12.8. The molecule has 1 amide bonds. The molecule has 2 aromatic carbocycles. The fraction of sp³-hybridized carbons (Fsp3) is 0.320. The van der Waals surface area contributed by atoms with E-state index in [1.807, 2.05) is 39.0 Å². The summed E-state index contributed by atoms with van der Waals surface area (Å²) in [5.41, 5.74) is 4.21. The minimum atomic E-state index is -0.522. The van der Waals surface area contributed by atoms with Gasteiger partial charge < -0.3 is 18.8 Å². The Labute approximate surface area is 187 Å². The molecule has 0 saturated heterocycles. The number of hydrogen-bond acceptors (Lipinski definition) is 6. The zero-order chi connectivity index (χ0) is 23.1. The van der Waals surface area contributed by atoms with E-state index in [1.54, 1.807) is 30.5 Å². The van der Waals surface area contributed by atoms with Crippen molar-refractivity contribution in [2.24, 2.45) is 0 Å². The molecule has 0 bridgehead atoms. The molecule has 0 fully saturated rings. The predicted molar refractivity (Wildman–Crippen MR) is 121 cm³/mol. The van der Waals surface area contributed by atoms with Crippen LogP contribution in [0.5, 0.6) is 5.75 Å². The monoisotopic (exact) mass is 434 g/mol. The van der Waals surface area contributed by atoms with Crippen molar-refractivity contribution in [3.05, 3.63) is 59.4 Å². The molecule has 0 aliphatic rings. The predicted octanol–water partition coefficient (Wildman–Crippen LogP) is 4.48. The maximum Gasteiger partial charge on any atom is 0.310 e. The van der Waals surface area contributed by atoms with Crippen LogP contribution in [0.3, 0.4) is 0 Å². The molecule has 0 aliphatic carbocycles. The molecule has 32 heavy (non-hydrogen) atoms. The lowest BCUT2D eigenvalue weighted by Crippen LogP contribution is -2.35. The Balaban J connectivity index is 1.64. The summed E-state index contributed by atoms with van der Waals surface area (Å²) < 4.78 is 16.3. The maximum atomic E-state index is 12.8. The average Bonchev–Trinajstić information content (AvgIpc) is 3.19. The highest BCUT2D eigenvalue weighted by Crippen LogP contribution is 2.27. The summed E-state index contributed by atoms with van der Waals surface area (Å²) in [6, 6.07) is 12.9. The number of anilines is 1. The molecule has 0 radical (unpaired) electrons. The van der Waals surface area contributed by atoms with Gasteiger partial charge in [0.25, 0.3) is 5.91 Å². The van der Waals surface area contributed by atoms with Crippen LogP contribution in [0.2, 0.25) is 0 Å². The summed E-state index contributed by atoms with van der Waals surface area (Å²) in [4.78, 5) is 26.6. The molecule has 7 heteroatoms. The Morgan fingerprint density at radius 1 is 1.12 bits per heavy atom. The second-order valence-electron chi connectivity index (χ2n) is 7.36. The van der Waals surface area contributed by atoms with Crippen LogP contribution in [-0.4, -0.2) is 31.6 Å². The van der Waals surface area contributed by atoms with Crippen LogP contribution in [0.25, 0.3) is 11.0 Å². The summed E-state index contributed by atoms with van der Waals surface area (Å²) in [6.07, 6.45) is 1.72. The highest BCUT2D eigenvalue weighted by molar-refractivity contribution is 5.95. The number of ether oxygens (including phenoxy) is 2. The number of nitriles is 1. The number of hydrogen-bond donors (Lipinski definition) is 0. The van der Waals surface area contributed by atoms with Gasteiger partial charge in [-0.3, -0.25) is 9.59 Å². The Kier molecular flexibility index (Phi) is 7.50. The van der Waals surface area contributed by atoms with Crippen molar-refractivity contribution in [2.45, 2.75) is 33.6 Å². The molecule has 7 nitrogen and oxygen atoms in total. The fourth-order valence-electron chi connectivity index (χ4n) is 3.40. The normalized spacial score (nSPS) is 10.6. The van der Waals surface area contributed by atoms with E-state index in [9.17, 15) is 9.59 Å². The van der Waals surface area contributed by atoms with Crippen molar-refractivity contribution < 1.29 is 23.5 Å². The number of esters is 1. The number of furan rings is 1. The molecule has 0 atom stereocenters. The van der Waals surface area contributed by atoms with E-state index < -0.39 is 18.5 Å². The largest absolute Gasteiger partial charge is 0.494 e. The number of aryl methyl sites for hydroxylation is 2. The van der Waals surface area contributed by atoms with Crippen LogP contribution in [-0.2, 0) is 20.7 Å². The van der Waals surface area contributed by atoms with Crippen molar-refractivity contribution >= 4 is 28.5 Å². The summed E-state index contributed by atoms with van der Waals surface area (Å²) >= 11 is 0. The smallest absolute Gasteiger partial charge is 0.310 e. The molecule has 0 saturated carbocycles. The van der Waals surface area contributed by atoms with Crippen LogP contribution < -0.4 is 9.64 Å². The average molecular weight is 434 g/mol. The van der Waals surface area contributed by atoms with Crippen molar-refractivity contribution in [1.29, 1.82) is 5.26 Å². The molecule has 0 aliphatic heterocycles. The van der Waals surface area contributed by atoms with Crippen LogP contribution in [0.4, 0.5) is 5.69 Å². The van der Waals surface area contributed by atoms with Gasteiger partial charge in [0.2, 0.25) is 0 Å². The first-order chi connectivity index (χ1) is 15.4. The lowest BCUT2D eigenvalue weighted by molar-refractivity contribution is -0.147. The number of nitrogens with zero attached hydrogens (tertiary/aromatic N) is 2. The van der Waals surface area contributed by atoms with E-state index in [0.717, 1.165) is 22.1 Å². The van der Waals surface area contributed by atoms with Gasteiger partial charge in [0.05, 0.1) is 31.8 Å². The van der Waals surface area contributed by atoms with Crippen molar-refractivity contribution in [3.63, 3.8) is 0 Å². The van der Waals surface area contributed by atoms with Crippen LogP contribution in [0, 0.1) is 25.2 Å². The first-order valence-electron chi connectivity index (χ1n) is 10.5. The number of carbonyl (C=O) groups is 2. The highest BCUT2D eigenvalue weighted by atomic mass is 16.5. The highest BCUT2D eigenvalue weighted by Gasteiger charge is 2.19. The first kappa shape index (κ1) is 22.9. The summed E-state index contributed by atoms with van der Waals surface area (Å²) in [5.74, 6) is -0.236. The number of fused-ring (bicyclic) bond motifs is 1. The van der Waals surface area contributed by atoms with Gasteiger partial charge in [0, 0.05) is 23.2 Å². The molecule has 1 aromatic heterocycles. The Hall–Kier alpha value is -3.79. The SMILES string of the molecule is CCOc1ccc(N(CCC#N)C(=O)COC(=O)Cc2coc3c(C)c(C)ccc23)cc1. The number of carbonyl (C=O) groups excluding carboxylic acids is 2. The van der Waals surface area contributed by atoms with E-state index in [4.69, 9.17) is 19.2 Å². The molecule has 3 rings (SSSR count). The minimum Gasteiger partial charge on any atom is -0.494 e. The van der Waals surface area contributed by atoms with Crippen LogP contribution in [0.1, 0.15) is 30.0 Å². The standard InChI is InChI=1S/C25H26N2O5/c1-4-30-21-9-7-20(8-10-21)27(13-5-12-26)23(28)16-31-24(29)14-19-15-32-25-18(3)17(2)6-11-22(19)25/h6-11,15H,4-5,13-14,16H2,1-3H3. The van der Waals surface area contributed by atoms with E-state index >= 15 is 0 Å². The molecule has 1 heterocycles. The molecule has 3 aromatic rings. The van der Waals surface area contributed by atoms with Gasteiger partial charge in [-0.2, -0.15) is 5.26 Å². The van der Waals surface area contributed by atoms with E-state index in [1.165, 1.54) is 4.90 Å². The molecular weight excluding hydrogens is 408 g/mol. The number of rotatable bonds is 9. The Morgan fingerprint density at radius 2 is 1.88 bits per heavy atom. The zero-order valence-corrected chi connectivity index (χ0v) is 18.5. The lowest BCUT2D eigenvalue weighted by Gasteiger charge is -2.22. The van der Waals surface area contributed by atoms with Crippen molar-refractivity contribution in [1.82, 2.24) is 0 Å². The van der Waals surface area contributed by atoms with E-state index in [-0.39, 0.29) is 19.4 Å². The first-order valence-corrected chi connectivity index (χ1v) is 10.5. The van der Waals surface area contributed by atoms with Crippen LogP contribution >= 0.6 is 0 Å². The molecular formula is C25H26N2O5. The molecule has 0 unspecified atom stereocenters. The van der Waals surface area contributed by atoms with E-state index in [2.05, 4.69) is 0 Å². The minimum absolute atomic E-state index is 0.00400. The Bertz CT molecular complexity index is 1140. The van der Waals surface area contributed by atoms with E-state index in [0.29, 0.717) is 23.6 Å². The number of benzene rings is 2. The zero-order valence-electron chi connectivity index (χ0n) is 18.5. The third-order valence-corrected chi connectivity index (χ3v) is 5.24. The third-order valence-electron chi connectivity index (χ3n) is 5.24. The van der Waals surface area contributed by atoms with Gasteiger partial charge in [-0.25, -0.2) is 0 Å². The van der Waals surface area contributed by atoms with Gasteiger partial charge >= 0.3 is 5.97 Å². The Morgan fingerprint density at radius 3 is 2.56 bits per heavy atom. The second kappa shape index (κ2) is 10.5. The van der Waals surface area contributed by atoms with Crippen molar-refractivity contribution in [2.75, 3.05) is 24.7 Å². The van der Waals surface area contributed by atoms with Gasteiger partial charge in [-0.1, -0.05) is 12.1 Å². The summed E-state index contributed by atoms with van der Waals surface area (Å²) in [6.45, 7) is 6.19. The topological polar surface area (TPSA) is 92.8 Å². The van der Waals surface area contributed by atoms with Crippen molar-refractivity contribution in [3.8, 4) is 11.8 Å². The van der Waals surface area contributed by atoms with Gasteiger partial charge in [0.1, 0.15) is 11.3 Å². The van der Waals surface area contributed by atoms with Gasteiger partial charge in [-0.15, -0.1) is 0 Å². The van der Waals surface area contributed by atoms with Gasteiger partial charge in [0.15, 0.2) is 6.61 Å². The van der Waals surface area contributed by atoms with Crippen LogP contribution in [0.15, 0.2) is 47.1 Å². The molecule has 0 N–H and O–H groups in total. The molecule has 166 valence electrons. The molecule has 0 spiro atoms. The lowest BCUT2D eigenvalue weighted by atomic mass is 10.0. The fourth-order valence-corrected chi connectivity index (χ4v) is 3.40. The summed E-state index contributed by atoms with van der Waals surface area (Å²) in [7, 11) is 0.